The molecule has 0 bridgehead atoms. The van der Waals surface area contributed by atoms with Crippen molar-refractivity contribution >= 4 is 5.97 Å². The van der Waals surface area contributed by atoms with E-state index in [1.807, 2.05) is 13.8 Å². The highest BCUT2D eigenvalue weighted by molar-refractivity contribution is 5.74. The summed E-state index contributed by atoms with van der Waals surface area (Å²) >= 11 is 0. The summed E-state index contributed by atoms with van der Waals surface area (Å²) < 4.78 is 5.51. The summed E-state index contributed by atoms with van der Waals surface area (Å²) in [7, 11) is 1.75. The number of carbonyl (C=O) groups is 1. The molecular weight excluding hydrogens is 254 g/mol. The molecule has 2 unspecified atom stereocenters. The highest BCUT2D eigenvalue weighted by atomic mass is 16.5. The van der Waals surface area contributed by atoms with E-state index in [0.717, 1.165) is 32.4 Å². The van der Waals surface area contributed by atoms with E-state index in [9.17, 15) is 9.90 Å². The lowest BCUT2D eigenvalue weighted by Crippen LogP contribution is -2.49. The van der Waals surface area contributed by atoms with Crippen LogP contribution in [-0.4, -0.2) is 47.8 Å². The van der Waals surface area contributed by atoms with Crippen LogP contribution in [0.5, 0.6) is 0 Å². The number of ether oxygens (including phenoxy) is 1. The standard InChI is InChI=1S/C16H31NO3/c1-12(10-15(2,3)20-6)17-9-7-8-13(11-17)16(4,5)14(18)19/h12-13H,7-11H2,1-6H3,(H,18,19). The van der Waals surface area contributed by atoms with Crippen molar-refractivity contribution in [1.82, 2.24) is 4.90 Å². The topological polar surface area (TPSA) is 49.8 Å². The van der Waals surface area contributed by atoms with Crippen LogP contribution in [0.15, 0.2) is 0 Å². The van der Waals surface area contributed by atoms with E-state index in [4.69, 9.17) is 4.74 Å². The number of hydrogen-bond acceptors (Lipinski definition) is 3. The molecule has 1 N–H and O–H groups in total. The molecule has 1 saturated heterocycles. The summed E-state index contributed by atoms with van der Waals surface area (Å²) in [6.07, 6.45) is 3.05. The zero-order chi connectivity index (χ0) is 15.6. The van der Waals surface area contributed by atoms with Gasteiger partial charge >= 0.3 is 5.97 Å². The van der Waals surface area contributed by atoms with Gasteiger partial charge in [-0.25, -0.2) is 0 Å². The van der Waals surface area contributed by atoms with E-state index in [-0.39, 0.29) is 11.5 Å². The summed E-state index contributed by atoms with van der Waals surface area (Å²) in [5.41, 5.74) is -0.774. The van der Waals surface area contributed by atoms with Crippen LogP contribution in [0, 0.1) is 11.3 Å². The average molecular weight is 285 g/mol. The Kier molecular flexibility index (Phi) is 5.61. The zero-order valence-corrected chi connectivity index (χ0v) is 13.9. The Labute approximate surface area is 123 Å². The predicted octanol–water partition coefficient (Wildman–Crippen LogP) is 3.01. The molecule has 1 aliphatic heterocycles. The van der Waals surface area contributed by atoms with Gasteiger partial charge in [-0.2, -0.15) is 0 Å². The van der Waals surface area contributed by atoms with Crippen LogP contribution in [0.1, 0.15) is 53.9 Å². The van der Waals surface area contributed by atoms with Crippen LogP contribution in [0.4, 0.5) is 0 Å². The van der Waals surface area contributed by atoms with Gasteiger partial charge in [0.05, 0.1) is 11.0 Å². The van der Waals surface area contributed by atoms with Gasteiger partial charge in [-0.15, -0.1) is 0 Å². The van der Waals surface area contributed by atoms with E-state index in [1.165, 1.54) is 0 Å². The second-order valence-corrected chi connectivity index (χ2v) is 7.38. The van der Waals surface area contributed by atoms with Gasteiger partial charge in [0.1, 0.15) is 0 Å². The van der Waals surface area contributed by atoms with Crippen LogP contribution in [-0.2, 0) is 9.53 Å². The molecule has 1 heterocycles. The van der Waals surface area contributed by atoms with Crippen molar-refractivity contribution in [1.29, 1.82) is 0 Å². The zero-order valence-electron chi connectivity index (χ0n) is 13.9. The molecule has 118 valence electrons. The third-order valence-corrected chi connectivity index (χ3v) is 4.99. The lowest BCUT2D eigenvalue weighted by Gasteiger charge is -2.43. The molecule has 0 amide bonds. The minimum absolute atomic E-state index is 0.130. The van der Waals surface area contributed by atoms with Gasteiger partial charge in [-0.3, -0.25) is 4.79 Å². The number of likely N-dealkylation sites (tertiary alicyclic amines) is 1. The van der Waals surface area contributed by atoms with Crippen molar-refractivity contribution < 1.29 is 14.6 Å². The van der Waals surface area contributed by atoms with E-state index < -0.39 is 11.4 Å². The summed E-state index contributed by atoms with van der Waals surface area (Å²) in [4.78, 5) is 13.9. The molecular formula is C16H31NO3. The molecule has 0 aromatic heterocycles. The number of aliphatic carboxylic acids is 1. The van der Waals surface area contributed by atoms with E-state index in [2.05, 4.69) is 25.7 Å². The molecule has 0 aliphatic carbocycles. The van der Waals surface area contributed by atoms with Crippen molar-refractivity contribution in [2.45, 2.75) is 65.5 Å². The monoisotopic (exact) mass is 285 g/mol. The largest absolute Gasteiger partial charge is 0.481 e. The maximum atomic E-state index is 11.4. The molecule has 0 aromatic rings. The first-order chi connectivity index (χ1) is 9.10. The molecule has 0 radical (unpaired) electrons. The van der Waals surface area contributed by atoms with Crippen molar-refractivity contribution in [3.05, 3.63) is 0 Å². The third kappa shape index (κ3) is 4.19. The Hall–Kier alpha value is -0.610. The van der Waals surface area contributed by atoms with Crippen LogP contribution in [0.3, 0.4) is 0 Å². The van der Waals surface area contributed by atoms with Gasteiger partial charge in [0.25, 0.3) is 0 Å². The number of carboxylic acid groups (broad SMARTS) is 1. The molecule has 4 heteroatoms. The first-order valence-corrected chi connectivity index (χ1v) is 7.63. The van der Waals surface area contributed by atoms with Gasteiger partial charge in [-0.05, 0) is 66.3 Å². The number of carboxylic acids is 1. The maximum Gasteiger partial charge on any atom is 0.309 e. The molecule has 1 aliphatic rings. The molecule has 4 nitrogen and oxygen atoms in total. The quantitative estimate of drug-likeness (QED) is 0.815. The Morgan fingerprint density at radius 3 is 2.50 bits per heavy atom. The van der Waals surface area contributed by atoms with Gasteiger partial charge in [0, 0.05) is 19.7 Å². The summed E-state index contributed by atoms with van der Waals surface area (Å²) in [5.74, 6) is -0.462. The fraction of sp³-hybridized carbons (Fsp3) is 0.938. The summed E-state index contributed by atoms with van der Waals surface area (Å²) in [6, 6.07) is 0.414. The maximum absolute atomic E-state index is 11.4. The number of nitrogens with zero attached hydrogens (tertiary/aromatic N) is 1. The lowest BCUT2D eigenvalue weighted by atomic mass is 9.74. The number of methoxy groups -OCH3 is 1. The predicted molar refractivity (Wildman–Crippen MR) is 80.9 cm³/mol. The Morgan fingerprint density at radius 2 is 2.00 bits per heavy atom. The van der Waals surface area contributed by atoms with Gasteiger partial charge in [-0.1, -0.05) is 0 Å². The number of piperidine rings is 1. The van der Waals surface area contributed by atoms with Gasteiger partial charge in [0.15, 0.2) is 0 Å². The molecule has 20 heavy (non-hydrogen) atoms. The van der Waals surface area contributed by atoms with Crippen molar-refractivity contribution in [2.75, 3.05) is 20.2 Å². The molecule has 1 fully saturated rings. The fourth-order valence-electron chi connectivity index (χ4n) is 3.09. The molecule has 2 atom stereocenters. The van der Waals surface area contributed by atoms with Crippen LogP contribution < -0.4 is 0 Å². The fourth-order valence-corrected chi connectivity index (χ4v) is 3.09. The molecule has 1 rings (SSSR count). The third-order valence-electron chi connectivity index (χ3n) is 4.99. The Bertz CT molecular complexity index is 339. The van der Waals surface area contributed by atoms with E-state index in [0.29, 0.717) is 6.04 Å². The van der Waals surface area contributed by atoms with Crippen molar-refractivity contribution in [2.24, 2.45) is 11.3 Å². The first kappa shape index (κ1) is 17.4. The average Bonchev–Trinajstić information content (AvgIpc) is 2.38. The van der Waals surface area contributed by atoms with Crippen LogP contribution in [0.25, 0.3) is 0 Å². The highest BCUT2D eigenvalue weighted by Crippen LogP contribution is 2.35. The van der Waals surface area contributed by atoms with Crippen molar-refractivity contribution in [3.63, 3.8) is 0 Å². The molecule has 0 saturated carbocycles. The Morgan fingerprint density at radius 1 is 1.40 bits per heavy atom. The molecule has 0 spiro atoms. The SMILES string of the molecule is COC(C)(C)CC(C)N1CCCC(C(C)(C)C(=O)O)C1. The van der Waals surface area contributed by atoms with E-state index >= 15 is 0 Å². The number of hydrogen-bond donors (Lipinski definition) is 1. The van der Waals surface area contributed by atoms with Crippen LogP contribution in [0.2, 0.25) is 0 Å². The summed E-state index contributed by atoms with van der Waals surface area (Å²) in [5, 5.41) is 9.40. The Balaban J connectivity index is 2.67. The second kappa shape index (κ2) is 6.44. The first-order valence-electron chi connectivity index (χ1n) is 7.63. The summed E-state index contributed by atoms with van der Waals surface area (Å²) in [6.45, 7) is 12.1. The van der Waals surface area contributed by atoms with Gasteiger partial charge < -0.3 is 14.7 Å². The molecule has 0 aromatic carbocycles. The normalized spacial score (nSPS) is 23.6. The lowest BCUT2D eigenvalue weighted by molar-refractivity contribution is -0.151. The number of rotatable bonds is 6. The highest BCUT2D eigenvalue weighted by Gasteiger charge is 2.40. The van der Waals surface area contributed by atoms with Crippen molar-refractivity contribution in [3.8, 4) is 0 Å². The minimum atomic E-state index is -0.686. The van der Waals surface area contributed by atoms with Gasteiger partial charge in [0.2, 0.25) is 0 Å². The second-order valence-electron chi connectivity index (χ2n) is 7.38. The van der Waals surface area contributed by atoms with E-state index in [1.54, 1.807) is 7.11 Å². The van der Waals surface area contributed by atoms with Crippen LogP contribution >= 0.6 is 0 Å². The minimum Gasteiger partial charge on any atom is -0.481 e. The smallest absolute Gasteiger partial charge is 0.309 e.